The zero-order valence-corrected chi connectivity index (χ0v) is 24.5. The van der Waals surface area contributed by atoms with Crippen LogP contribution in [0.5, 0.6) is 34.5 Å². The molecule has 0 heterocycles. The zero-order chi connectivity index (χ0) is 31.7. The van der Waals surface area contributed by atoms with E-state index in [0.717, 1.165) is 76.3 Å². The summed E-state index contributed by atoms with van der Waals surface area (Å²) in [6.07, 6.45) is 7.11. The molecule has 0 saturated heterocycles. The number of aliphatic hydroxyl groups is 2. The Bertz CT molecular complexity index is 1290. The van der Waals surface area contributed by atoms with E-state index in [2.05, 4.69) is 10.6 Å². The Hall–Kier alpha value is -3.90. The lowest BCUT2D eigenvalue weighted by Gasteiger charge is -2.47. The fourth-order valence-electron chi connectivity index (χ4n) is 7.29. The highest BCUT2D eigenvalue weighted by molar-refractivity contribution is 5.96. The number of phenolic OH excluding ortho intramolecular Hbond substituents is 6. The van der Waals surface area contributed by atoms with Crippen LogP contribution in [0.2, 0.25) is 0 Å². The monoisotopic (exact) mass is 614 g/mol. The standard InChI is InChI=1S/C32H42N2O10/c35-17-13-19(37)27(33-21(39)11-15-7-3-1-4-8-15)31(43)23(17)25-29(41)26(30(25)42)24-18(36)14-20(38)28(32(24)44)34-22(40)12-16-9-5-2-6-10-16/h13-16,25-26,29-30,35-38,41-44H,1-12H2,(H,33,39)(H,34,40). The van der Waals surface area contributed by atoms with Crippen molar-refractivity contribution in [3.63, 3.8) is 0 Å². The van der Waals surface area contributed by atoms with Gasteiger partial charge in [0.2, 0.25) is 11.8 Å². The molecule has 0 radical (unpaired) electrons. The van der Waals surface area contributed by atoms with Crippen LogP contribution in [0.3, 0.4) is 0 Å². The van der Waals surface area contributed by atoms with Gasteiger partial charge in [-0.25, -0.2) is 0 Å². The Morgan fingerprint density at radius 1 is 0.568 bits per heavy atom. The normalized spacial score (nSPS) is 24.4. The number of carbonyl (C=O) groups is 2. The highest BCUT2D eigenvalue weighted by Gasteiger charge is 2.54. The van der Waals surface area contributed by atoms with Gasteiger partial charge in [-0.3, -0.25) is 9.59 Å². The quantitative estimate of drug-likeness (QED) is 0.150. The van der Waals surface area contributed by atoms with E-state index in [-0.39, 0.29) is 47.2 Å². The summed E-state index contributed by atoms with van der Waals surface area (Å²) >= 11 is 0. The predicted molar refractivity (Wildman–Crippen MR) is 160 cm³/mol. The van der Waals surface area contributed by atoms with Crippen molar-refractivity contribution in [2.45, 2.75) is 101 Å². The van der Waals surface area contributed by atoms with Gasteiger partial charge in [0, 0.05) is 47.9 Å². The molecule has 3 fully saturated rings. The molecule has 0 atom stereocenters. The van der Waals surface area contributed by atoms with Crippen LogP contribution < -0.4 is 10.6 Å². The third-order valence-corrected chi connectivity index (χ3v) is 9.66. The van der Waals surface area contributed by atoms with Crippen molar-refractivity contribution in [1.29, 1.82) is 0 Å². The summed E-state index contributed by atoms with van der Waals surface area (Å²) in [6.45, 7) is 0. The Kier molecular flexibility index (Phi) is 9.31. The Morgan fingerprint density at radius 2 is 0.909 bits per heavy atom. The third kappa shape index (κ3) is 6.18. The Balaban J connectivity index is 1.36. The first-order chi connectivity index (χ1) is 21.0. The maximum absolute atomic E-state index is 12.7. The number of hydrogen-bond acceptors (Lipinski definition) is 10. The first-order valence-electron chi connectivity index (χ1n) is 15.5. The summed E-state index contributed by atoms with van der Waals surface area (Å²) in [5, 5.41) is 91.4. The molecule has 2 amide bonds. The van der Waals surface area contributed by atoms with Gasteiger partial charge < -0.3 is 51.5 Å². The van der Waals surface area contributed by atoms with Crippen molar-refractivity contribution in [1.82, 2.24) is 0 Å². The van der Waals surface area contributed by atoms with Crippen molar-refractivity contribution in [3.05, 3.63) is 23.3 Å². The molecule has 0 bridgehead atoms. The predicted octanol–water partition coefficient (Wildman–Crippen LogP) is 4.34. The minimum absolute atomic E-state index is 0.174. The van der Waals surface area contributed by atoms with Crippen LogP contribution >= 0.6 is 0 Å². The van der Waals surface area contributed by atoms with E-state index in [1.165, 1.54) is 0 Å². The number of hydrogen-bond donors (Lipinski definition) is 10. The van der Waals surface area contributed by atoms with Crippen molar-refractivity contribution < 1.29 is 50.4 Å². The summed E-state index contributed by atoms with van der Waals surface area (Å²) in [5.41, 5.74) is -1.43. The molecule has 0 aliphatic heterocycles. The molecule has 240 valence electrons. The second kappa shape index (κ2) is 13.0. The first-order valence-corrected chi connectivity index (χ1v) is 15.5. The van der Waals surface area contributed by atoms with E-state index < -0.39 is 70.4 Å². The van der Waals surface area contributed by atoms with Crippen molar-refractivity contribution in [2.24, 2.45) is 11.8 Å². The molecule has 12 nitrogen and oxygen atoms in total. The molecule has 10 N–H and O–H groups in total. The van der Waals surface area contributed by atoms with Crippen molar-refractivity contribution in [3.8, 4) is 34.5 Å². The average molecular weight is 615 g/mol. The number of amides is 2. The van der Waals surface area contributed by atoms with Crippen molar-refractivity contribution in [2.75, 3.05) is 10.6 Å². The smallest absolute Gasteiger partial charge is 0.224 e. The van der Waals surface area contributed by atoms with E-state index in [9.17, 15) is 50.4 Å². The molecule has 0 spiro atoms. The van der Waals surface area contributed by atoms with Crippen LogP contribution in [0.15, 0.2) is 12.1 Å². The summed E-state index contributed by atoms with van der Waals surface area (Å²) < 4.78 is 0. The number of phenols is 6. The van der Waals surface area contributed by atoms with Gasteiger partial charge in [0.15, 0.2) is 0 Å². The van der Waals surface area contributed by atoms with Crippen LogP contribution in [-0.4, -0.2) is 64.9 Å². The fraction of sp³-hybridized carbons (Fsp3) is 0.562. The number of carbonyl (C=O) groups excluding carboxylic acids is 2. The van der Waals surface area contributed by atoms with Crippen molar-refractivity contribution >= 4 is 23.2 Å². The lowest BCUT2D eigenvalue weighted by molar-refractivity contribution is -0.118. The molecule has 2 aromatic rings. The third-order valence-electron chi connectivity index (χ3n) is 9.66. The van der Waals surface area contributed by atoms with Gasteiger partial charge in [0.25, 0.3) is 0 Å². The maximum Gasteiger partial charge on any atom is 0.224 e. The first kappa shape index (κ1) is 31.5. The van der Waals surface area contributed by atoms with Gasteiger partial charge in [0.05, 0.1) is 12.2 Å². The van der Waals surface area contributed by atoms with Gasteiger partial charge in [-0.15, -0.1) is 0 Å². The summed E-state index contributed by atoms with van der Waals surface area (Å²) in [7, 11) is 0. The molecule has 2 aromatic carbocycles. The number of nitrogens with one attached hydrogen (secondary N) is 2. The topological polar surface area (TPSA) is 220 Å². The van der Waals surface area contributed by atoms with Gasteiger partial charge in [-0.2, -0.15) is 0 Å². The maximum atomic E-state index is 12.7. The van der Waals surface area contributed by atoms with Gasteiger partial charge in [-0.1, -0.05) is 38.5 Å². The minimum Gasteiger partial charge on any atom is -0.507 e. The number of benzene rings is 2. The van der Waals surface area contributed by atoms with Crippen LogP contribution in [0.4, 0.5) is 11.4 Å². The number of aromatic hydroxyl groups is 6. The van der Waals surface area contributed by atoms with Gasteiger partial charge in [0.1, 0.15) is 45.9 Å². The number of anilines is 2. The molecule has 3 aliphatic rings. The van der Waals surface area contributed by atoms with E-state index in [1.807, 2.05) is 0 Å². The highest BCUT2D eigenvalue weighted by atomic mass is 16.3. The minimum atomic E-state index is -1.59. The molecule has 44 heavy (non-hydrogen) atoms. The van der Waals surface area contributed by atoms with Crippen LogP contribution in [0.25, 0.3) is 0 Å². The highest BCUT2D eigenvalue weighted by Crippen LogP contribution is 2.59. The van der Waals surface area contributed by atoms with Gasteiger partial charge >= 0.3 is 0 Å². The average Bonchev–Trinajstić information content (AvgIpc) is 2.98. The van der Waals surface area contributed by atoms with Crippen LogP contribution in [0.1, 0.15) is 100 Å². The molecule has 0 aromatic heterocycles. The molecular weight excluding hydrogens is 572 g/mol. The lowest BCUT2D eigenvalue weighted by atomic mass is 9.62. The molecule has 0 unspecified atom stereocenters. The largest absolute Gasteiger partial charge is 0.507 e. The molecular formula is C32H42N2O10. The Morgan fingerprint density at radius 3 is 1.25 bits per heavy atom. The number of rotatable bonds is 8. The summed E-state index contributed by atoms with van der Waals surface area (Å²) in [5.74, 6) is -7.24. The van der Waals surface area contributed by atoms with Crippen LogP contribution in [0, 0.1) is 11.8 Å². The van der Waals surface area contributed by atoms with E-state index in [4.69, 9.17) is 0 Å². The lowest BCUT2D eigenvalue weighted by Crippen LogP contribution is -2.51. The molecule has 3 saturated carbocycles. The second-order valence-electron chi connectivity index (χ2n) is 12.6. The zero-order valence-electron chi connectivity index (χ0n) is 24.5. The SMILES string of the molecule is O=C(CC1CCCCC1)Nc1c(O)cc(O)c(C2C(O)C(c3c(O)cc(O)c(NC(=O)CC4CCCCC4)c3O)C2O)c1O. The van der Waals surface area contributed by atoms with E-state index in [0.29, 0.717) is 0 Å². The molecule has 5 rings (SSSR count). The second-order valence-corrected chi connectivity index (χ2v) is 12.6. The van der Waals surface area contributed by atoms with E-state index in [1.54, 1.807) is 0 Å². The van der Waals surface area contributed by atoms with Crippen LogP contribution in [-0.2, 0) is 9.59 Å². The number of aliphatic hydroxyl groups excluding tert-OH is 2. The Labute approximate surface area is 255 Å². The summed E-state index contributed by atoms with van der Waals surface area (Å²) in [4.78, 5) is 25.4. The van der Waals surface area contributed by atoms with E-state index >= 15 is 0 Å². The molecule has 3 aliphatic carbocycles. The van der Waals surface area contributed by atoms with Gasteiger partial charge in [-0.05, 0) is 37.5 Å². The molecule has 12 heteroatoms. The fourth-order valence-corrected chi connectivity index (χ4v) is 7.29. The summed E-state index contributed by atoms with van der Waals surface area (Å²) in [6, 6.07) is 1.76.